The van der Waals surface area contributed by atoms with E-state index in [-0.39, 0.29) is 6.03 Å². The fraction of sp³-hybridized carbons (Fsp3) is 0.900. The van der Waals surface area contributed by atoms with Gasteiger partial charge in [0.25, 0.3) is 0 Å². The first-order valence-corrected chi connectivity index (χ1v) is 5.18. The SMILES string of the molecule is CC1CC(C)N1C(=O)N[C@@H]1C[C@H]1C. The van der Waals surface area contributed by atoms with Gasteiger partial charge in [-0.05, 0) is 32.6 Å². The van der Waals surface area contributed by atoms with Gasteiger partial charge in [0.1, 0.15) is 0 Å². The average molecular weight is 182 g/mol. The van der Waals surface area contributed by atoms with E-state index in [0.717, 1.165) is 12.8 Å². The van der Waals surface area contributed by atoms with Crippen molar-refractivity contribution in [3.05, 3.63) is 0 Å². The molecule has 1 saturated carbocycles. The molecule has 1 saturated heterocycles. The maximum Gasteiger partial charge on any atom is 0.318 e. The molecule has 13 heavy (non-hydrogen) atoms. The van der Waals surface area contributed by atoms with E-state index >= 15 is 0 Å². The van der Waals surface area contributed by atoms with E-state index in [4.69, 9.17) is 0 Å². The largest absolute Gasteiger partial charge is 0.335 e. The lowest BCUT2D eigenvalue weighted by Crippen LogP contribution is -2.59. The van der Waals surface area contributed by atoms with Crippen molar-refractivity contribution < 1.29 is 4.79 Å². The van der Waals surface area contributed by atoms with Gasteiger partial charge < -0.3 is 10.2 Å². The molecule has 0 aromatic carbocycles. The van der Waals surface area contributed by atoms with E-state index in [1.165, 1.54) is 0 Å². The Hall–Kier alpha value is -0.730. The molecule has 0 aromatic heterocycles. The molecule has 74 valence electrons. The highest BCUT2D eigenvalue weighted by Crippen LogP contribution is 2.31. The molecule has 1 N–H and O–H groups in total. The van der Waals surface area contributed by atoms with Crippen LogP contribution >= 0.6 is 0 Å². The molecule has 4 atom stereocenters. The minimum Gasteiger partial charge on any atom is -0.335 e. The number of hydrogen-bond donors (Lipinski definition) is 1. The van der Waals surface area contributed by atoms with Crippen LogP contribution in [0, 0.1) is 5.92 Å². The molecule has 2 aliphatic rings. The Morgan fingerprint density at radius 1 is 1.23 bits per heavy atom. The standard InChI is InChI=1S/C10H18N2O/c1-6-4-9(6)11-10(13)12-7(2)5-8(12)3/h6-9H,4-5H2,1-3H3,(H,11,13)/t6-,7?,8?,9-/m1/s1. The number of carbonyl (C=O) groups is 1. The molecular weight excluding hydrogens is 164 g/mol. The predicted octanol–water partition coefficient (Wildman–Crippen LogP) is 1.59. The third-order valence-corrected chi connectivity index (χ3v) is 3.28. The van der Waals surface area contributed by atoms with E-state index in [0.29, 0.717) is 24.0 Å². The first-order valence-electron chi connectivity index (χ1n) is 5.18. The zero-order chi connectivity index (χ0) is 9.59. The number of nitrogens with one attached hydrogen (secondary N) is 1. The number of hydrogen-bond acceptors (Lipinski definition) is 1. The summed E-state index contributed by atoms with van der Waals surface area (Å²) >= 11 is 0. The van der Waals surface area contributed by atoms with E-state index < -0.39 is 0 Å². The lowest BCUT2D eigenvalue weighted by atomic mass is 9.97. The summed E-state index contributed by atoms with van der Waals surface area (Å²) in [5.74, 6) is 0.691. The summed E-state index contributed by atoms with van der Waals surface area (Å²) in [6, 6.07) is 1.46. The van der Waals surface area contributed by atoms with Crippen LogP contribution in [-0.4, -0.2) is 29.1 Å². The van der Waals surface area contributed by atoms with Crippen LogP contribution in [0.15, 0.2) is 0 Å². The maximum atomic E-state index is 11.7. The second kappa shape index (κ2) is 2.89. The van der Waals surface area contributed by atoms with Gasteiger partial charge in [0.2, 0.25) is 0 Å². The van der Waals surface area contributed by atoms with Crippen molar-refractivity contribution in [2.75, 3.05) is 0 Å². The summed E-state index contributed by atoms with van der Waals surface area (Å²) in [5, 5.41) is 3.05. The third kappa shape index (κ3) is 1.52. The molecule has 0 spiro atoms. The van der Waals surface area contributed by atoms with Crippen molar-refractivity contribution in [2.45, 2.75) is 51.7 Å². The molecule has 2 unspecified atom stereocenters. The quantitative estimate of drug-likeness (QED) is 0.656. The van der Waals surface area contributed by atoms with Crippen LogP contribution in [0.25, 0.3) is 0 Å². The molecule has 2 amide bonds. The van der Waals surface area contributed by atoms with Crippen molar-refractivity contribution in [3.8, 4) is 0 Å². The van der Waals surface area contributed by atoms with E-state index in [2.05, 4.69) is 26.1 Å². The molecule has 0 radical (unpaired) electrons. The molecule has 0 aromatic rings. The van der Waals surface area contributed by atoms with Crippen molar-refractivity contribution in [2.24, 2.45) is 5.92 Å². The number of nitrogens with zero attached hydrogens (tertiary/aromatic N) is 1. The number of urea groups is 1. The number of rotatable bonds is 1. The van der Waals surface area contributed by atoms with E-state index in [1.807, 2.05) is 4.90 Å². The predicted molar refractivity (Wildman–Crippen MR) is 51.5 cm³/mol. The van der Waals surface area contributed by atoms with E-state index in [1.54, 1.807) is 0 Å². The minimum atomic E-state index is 0.139. The monoisotopic (exact) mass is 182 g/mol. The second-order valence-electron chi connectivity index (χ2n) is 4.61. The fourth-order valence-electron chi connectivity index (χ4n) is 2.17. The Labute approximate surface area is 79.5 Å². The maximum absolute atomic E-state index is 11.7. The Morgan fingerprint density at radius 2 is 1.77 bits per heavy atom. The summed E-state index contributed by atoms with van der Waals surface area (Å²) < 4.78 is 0. The molecule has 2 rings (SSSR count). The van der Waals surface area contributed by atoms with Crippen LogP contribution in [0.5, 0.6) is 0 Å². The average Bonchev–Trinajstić information content (AvgIpc) is 2.65. The van der Waals surface area contributed by atoms with Gasteiger partial charge in [-0.3, -0.25) is 0 Å². The Bertz CT molecular complexity index is 221. The van der Waals surface area contributed by atoms with Gasteiger partial charge in [0.05, 0.1) is 0 Å². The summed E-state index contributed by atoms with van der Waals surface area (Å²) in [7, 11) is 0. The highest BCUT2D eigenvalue weighted by molar-refractivity contribution is 5.76. The van der Waals surface area contributed by atoms with Crippen LogP contribution in [0.4, 0.5) is 4.79 Å². The van der Waals surface area contributed by atoms with Crippen molar-refractivity contribution >= 4 is 6.03 Å². The summed E-state index contributed by atoms with van der Waals surface area (Å²) in [6.07, 6.45) is 2.30. The molecule has 0 bridgehead atoms. The van der Waals surface area contributed by atoms with Crippen LogP contribution < -0.4 is 5.32 Å². The minimum absolute atomic E-state index is 0.139. The molecule has 2 fully saturated rings. The zero-order valence-electron chi connectivity index (χ0n) is 8.58. The van der Waals surface area contributed by atoms with Crippen LogP contribution in [0.1, 0.15) is 33.6 Å². The summed E-state index contributed by atoms with van der Waals surface area (Å²) in [6.45, 7) is 6.39. The fourth-order valence-corrected chi connectivity index (χ4v) is 2.17. The first kappa shape index (κ1) is 8.85. The van der Waals surface area contributed by atoms with Gasteiger partial charge >= 0.3 is 6.03 Å². The Morgan fingerprint density at radius 3 is 2.15 bits per heavy atom. The van der Waals surface area contributed by atoms with Crippen LogP contribution in [0.3, 0.4) is 0 Å². The van der Waals surface area contributed by atoms with Gasteiger partial charge in [-0.15, -0.1) is 0 Å². The van der Waals surface area contributed by atoms with Gasteiger partial charge in [0.15, 0.2) is 0 Å². The molecule has 1 aliphatic heterocycles. The zero-order valence-corrected chi connectivity index (χ0v) is 8.58. The smallest absolute Gasteiger partial charge is 0.318 e. The highest BCUT2D eigenvalue weighted by atomic mass is 16.2. The highest BCUT2D eigenvalue weighted by Gasteiger charge is 2.40. The number of carbonyl (C=O) groups excluding carboxylic acids is 1. The summed E-state index contributed by atoms with van der Waals surface area (Å²) in [4.78, 5) is 13.6. The second-order valence-corrected chi connectivity index (χ2v) is 4.61. The van der Waals surface area contributed by atoms with Crippen molar-refractivity contribution in [3.63, 3.8) is 0 Å². The Kier molecular flexibility index (Phi) is 1.97. The molecule has 1 heterocycles. The molecule has 1 aliphatic carbocycles. The molecule has 3 heteroatoms. The van der Waals surface area contributed by atoms with Crippen LogP contribution in [-0.2, 0) is 0 Å². The normalized spacial score (nSPS) is 42.5. The lowest BCUT2D eigenvalue weighted by molar-refractivity contribution is 0.0729. The topological polar surface area (TPSA) is 32.3 Å². The van der Waals surface area contributed by atoms with E-state index in [9.17, 15) is 4.79 Å². The van der Waals surface area contributed by atoms with Crippen molar-refractivity contribution in [1.29, 1.82) is 0 Å². The molecular formula is C10H18N2O. The number of likely N-dealkylation sites (tertiary alicyclic amines) is 1. The van der Waals surface area contributed by atoms with Gasteiger partial charge in [0, 0.05) is 18.1 Å². The lowest BCUT2D eigenvalue weighted by Gasteiger charge is -2.45. The van der Waals surface area contributed by atoms with Gasteiger partial charge in [-0.1, -0.05) is 6.92 Å². The third-order valence-electron chi connectivity index (χ3n) is 3.28. The first-order chi connectivity index (χ1) is 6.09. The van der Waals surface area contributed by atoms with Gasteiger partial charge in [-0.2, -0.15) is 0 Å². The van der Waals surface area contributed by atoms with Gasteiger partial charge in [-0.25, -0.2) is 4.79 Å². The number of amides is 2. The Balaban J connectivity index is 1.83. The van der Waals surface area contributed by atoms with Crippen LogP contribution in [0.2, 0.25) is 0 Å². The van der Waals surface area contributed by atoms with Crippen molar-refractivity contribution in [1.82, 2.24) is 10.2 Å². The molecule has 3 nitrogen and oxygen atoms in total. The summed E-state index contributed by atoms with van der Waals surface area (Å²) in [5.41, 5.74) is 0.